The Kier molecular flexibility index (Phi) is 8.31. The number of piperidine rings is 1. The number of benzene rings is 3. The lowest BCUT2D eigenvalue weighted by Gasteiger charge is -2.32. The van der Waals surface area contributed by atoms with E-state index < -0.39 is 10.0 Å². The zero-order valence-corrected chi connectivity index (χ0v) is 21.9. The van der Waals surface area contributed by atoms with Gasteiger partial charge in [-0.15, -0.1) is 0 Å². The summed E-state index contributed by atoms with van der Waals surface area (Å²) in [7, 11) is -3.92. The van der Waals surface area contributed by atoms with Crippen molar-refractivity contribution < 1.29 is 13.2 Å². The molecule has 7 heteroatoms. The van der Waals surface area contributed by atoms with Crippen molar-refractivity contribution in [1.29, 1.82) is 0 Å². The summed E-state index contributed by atoms with van der Waals surface area (Å²) in [5, 5.41) is 2.91. The van der Waals surface area contributed by atoms with Crippen LogP contribution in [0.25, 0.3) is 0 Å². The Hall–Kier alpha value is -3.32. The molecule has 1 fully saturated rings. The smallest absolute Gasteiger partial charge is 0.264 e. The number of para-hydroxylation sites is 1. The zero-order chi connectivity index (χ0) is 25.5. The lowest BCUT2D eigenvalue weighted by Crippen LogP contribution is -2.41. The van der Waals surface area contributed by atoms with E-state index in [-0.39, 0.29) is 17.3 Å². The molecule has 1 aliphatic heterocycles. The summed E-state index contributed by atoms with van der Waals surface area (Å²) < 4.78 is 28.3. The third-order valence-corrected chi connectivity index (χ3v) is 8.48. The predicted octanol–water partition coefficient (Wildman–Crippen LogP) is 5.00. The Morgan fingerprint density at radius 2 is 1.69 bits per heavy atom. The van der Waals surface area contributed by atoms with Gasteiger partial charge < -0.3 is 10.2 Å². The zero-order valence-electron chi connectivity index (χ0n) is 21.1. The highest BCUT2D eigenvalue weighted by Crippen LogP contribution is 2.27. The Bertz CT molecular complexity index is 1260. The maximum absolute atomic E-state index is 13.6. The molecule has 3 aromatic carbocycles. The molecule has 1 saturated heterocycles. The first-order chi connectivity index (χ1) is 17.4. The number of sulfonamides is 1. The fourth-order valence-corrected chi connectivity index (χ4v) is 6.19. The molecule has 1 unspecified atom stereocenters. The first-order valence-electron chi connectivity index (χ1n) is 12.6. The van der Waals surface area contributed by atoms with Gasteiger partial charge in [0.15, 0.2) is 0 Å². The van der Waals surface area contributed by atoms with E-state index in [4.69, 9.17) is 0 Å². The normalized spacial score (nSPS) is 15.9. The number of aryl methyl sites for hydroxylation is 1. The number of rotatable bonds is 9. The van der Waals surface area contributed by atoms with Crippen molar-refractivity contribution in [1.82, 2.24) is 5.32 Å². The molecular formula is C29H35N3O3S. The van der Waals surface area contributed by atoms with Crippen LogP contribution >= 0.6 is 0 Å². The van der Waals surface area contributed by atoms with Crippen LogP contribution in [0.4, 0.5) is 11.4 Å². The van der Waals surface area contributed by atoms with Gasteiger partial charge in [-0.05, 0) is 66.6 Å². The molecule has 1 atom stereocenters. The molecule has 6 nitrogen and oxygen atoms in total. The van der Waals surface area contributed by atoms with E-state index in [0.29, 0.717) is 24.6 Å². The van der Waals surface area contributed by atoms with E-state index in [1.54, 1.807) is 42.5 Å². The minimum absolute atomic E-state index is 0.159. The average molecular weight is 506 g/mol. The van der Waals surface area contributed by atoms with Crippen molar-refractivity contribution in [3.8, 4) is 0 Å². The van der Waals surface area contributed by atoms with Crippen LogP contribution in [0.5, 0.6) is 0 Å². The van der Waals surface area contributed by atoms with Gasteiger partial charge in [0, 0.05) is 25.3 Å². The molecule has 0 radical (unpaired) electrons. The number of hydrogen-bond acceptors (Lipinski definition) is 4. The van der Waals surface area contributed by atoms with Crippen LogP contribution in [-0.4, -0.2) is 34.0 Å². The molecule has 1 amide bonds. The molecule has 0 aromatic heterocycles. The third-order valence-electron chi connectivity index (χ3n) is 6.71. The van der Waals surface area contributed by atoms with E-state index in [1.807, 2.05) is 31.2 Å². The highest BCUT2D eigenvalue weighted by molar-refractivity contribution is 7.92. The van der Waals surface area contributed by atoms with Crippen LogP contribution in [-0.2, 0) is 27.8 Å². The number of anilines is 2. The molecule has 0 bridgehead atoms. The van der Waals surface area contributed by atoms with Gasteiger partial charge in [0.1, 0.15) is 6.54 Å². The number of carbonyl (C=O) groups is 1. The lowest BCUT2D eigenvalue weighted by atomic mass is 9.99. The van der Waals surface area contributed by atoms with Gasteiger partial charge in [-0.3, -0.25) is 9.10 Å². The Labute approximate surface area is 215 Å². The van der Waals surface area contributed by atoms with Crippen molar-refractivity contribution >= 4 is 27.3 Å². The van der Waals surface area contributed by atoms with Gasteiger partial charge in [0.2, 0.25) is 5.91 Å². The molecule has 0 spiro atoms. The van der Waals surface area contributed by atoms with E-state index in [2.05, 4.69) is 29.3 Å². The fourth-order valence-electron chi connectivity index (χ4n) is 4.71. The summed E-state index contributed by atoms with van der Waals surface area (Å²) in [4.78, 5) is 15.6. The Morgan fingerprint density at radius 1 is 1.00 bits per heavy atom. The molecule has 3 aromatic rings. The quantitative estimate of drug-likeness (QED) is 0.445. The molecule has 4 rings (SSSR count). The van der Waals surface area contributed by atoms with Crippen molar-refractivity contribution in [3.63, 3.8) is 0 Å². The van der Waals surface area contributed by atoms with E-state index in [0.717, 1.165) is 24.2 Å². The van der Waals surface area contributed by atoms with Gasteiger partial charge in [0.05, 0.1) is 10.6 Å². The highest BCUT2D eigenvalue weighted by Gasteiger charge is 2.28. The van der Waals surface area contributed by atoms with E-state index in [9.17, 15) is 13.2 Å². The van der Waals surface area contributed by atoms with Gasteiger partial charge in [0.25, 0.3) is 10.0 Å². The first-order valence-corrected chi connectivity index (χ1v) is 14.1. The second-order valence-electron chi connectivity index (χ2n) is 9.44. The fraction of sp³-hybridized carbons (Fsp3) is 0.345. The largest absolute Gasteiger partial charge is 0.371 e. The molecule has 36 heavy (non-hydrogen) atoms. The third kappa shape index (κ3) is 6.08. The summed E-state index contributed by atoms with van der Waals surface area (Å²) in [6, 6.07) is 23.8. The molecule has 0 saturated carbocycles. The van der Waals surface area contributed by atoms with Gasteiger partial charge in [-0.2, -0.15) is 0 Å². The topological polar surface area (TPSA) is 69.7 Å². The Morgan fingerprint density at radius 3 is 2.39 bits per heavy atom. The van der Waals surface area contributed by atoms with Crippen molar-refractivity contribution in [2.45, 2.75) is 44.6 Å². The van der Waals surface area contributed by atoms with Crippen LogP contribution in [0.2, 0.25) is 0 Å². The standard InChI is InChI=1S/C29H35N3O3S/c1-3-25-11-7-8-14-28(25)32(36(34,35)27-12-5-4-6-13-27)22-29(33)30-20-24-15-17-26(18-16-24)31-19-9-10-23(2)21-31/h4-8,11-18,23H,3,9-10,19-22H2,1-2H3,(H,30,33). The van der Waals surface area contributed by atoms with Crippen molar-refractivity contribution in [2.24, 2.45) is 5.92 Å². The van der Waals surface area contributed by atoms with E-state index in [1.165, 1.54) is 22.8 Å². The van der Waals surface area contributed by atoms with Crippen LogP contribution in [0.3, 0.4) is 0 Å². The highest BCUT2D eigenvalue weighted by atomic mass is 32.2. The van der Waals surface area contributed by atoms with Crippen LogP contribution < -0.4 is 14.5 Å². The summed E-state index contributed by atoms with van der Waals surface area (Å²) >= 11 is 0. The number of nitrogens with zero attached hydrogens (tertiary/aromatic N) is 2. The van der Waals surface area contributed by atoms with Crippen LogP contribution in [0.1, 0.15) is 37.8 Å². The van der Waals surface area contributed by atoms with Gasteiger partial charge in [-0.25, -0.2) is 8.42 Å². The minimum atomic E-state index is -3.92. The Balaban J connectivity index is 1.47. The van der Waals surface area contributed by atoms with E-state index >= 15 is 0 Å². The molecule has 1 aliphatic rings. The second kappa shape index (κ2) is 11.6. The number of nitrogens with one attached hydrogen (secondary N) is 1. The van der Waals surface area contributed by atoms with Crippen molar-refractivity contribution in [3.05, 3.63) is 90.0 Å². The monoisotopic (exact) mass is 505 g/mol. The van der Waals surface area contributed by atoms with Crippen LogP contribution in [0, 0.1) is 5.92 Å². The number of hydrogen-bond donors (Lipinski definition) is 1. The molecule has 190 valence electrons. The summed E-state index contributed by atoms with van der Waals surface area (Å²) in [6.45, 7) is 6.45. The maximum Gasteiger partial charge on any atom is 0.264 e. The average Bonchev–Trinajstić information content (AvgIpc) is 2.91. The number of carbonyl (C=O) groups excluding carboxylic acids is 1. The molecular weight excluding hydrogens is 470 g/mol. The summed E-state index contributed by atoms with van der Waals surface area (Å²) in [5.41, 5.74) is 3.57. The van der Waals surface area contributed by atoms with Gasteiger partial charge in [-0.1, -0.05) is 62.4 Å². The summed E-state index contributed by atoms with van der Waals surface area (Å²) in [6.07, 6.45) is 3.14. The van der Waals surface area contributed by atoms with Crippen molar-refractivity contribution in [2.75, 3.05) is 28.8 Å². The summed E-state index contributed by atoms with van der Waals surface area (Å²) in [5.74, 6) is 0.347. The lowest BCUT2D eigenvalue weighted by molar-refractivity contribution is -0.119. The minimum Gasteiger partial charge on any atom is -0.371 e. The molecule has 1 heterocycles. The first kappa shape index (κ1) is 25.8. The molecule has 1 N–H and O–H groups in total. The molecule has 0 aliphatic carbocycles. The number of amides is 1. The SMILES string of the molecule is CCc1ccccc1N(CC(=O)NCc1ccc(N2CCCC(C)C2)cc1)S(=O)(=O)c1ccccc1. The predicted molar refractivity (Wildman–Crippen MR) is 146 cm³/mol. The van der Waals surface area contributed by atoms with Gasteiger partial charge >= 0.3 is 0 Å². The van der Waals surface area contributed by atoms with Crippen LogP contribution in [0.15, 0.2) is 83.8 Å². The second-order valence-corrected chi connectivity index (χ2v) is 11.3. The maximum atomic E-state index is 13.6.